The van der Waals surface area contributed by atoms with Gasteiger partial charge in [-0.15, -0.1) is 0 Å². The van der Waals surface area contributed by atoms with E-state index in [-0.39, 0.29) is 11.7 Å². The van der Waals surface area contributed by atoms with Gasteiger partial charge in [-0.05, 0) is 26.8 Å². The van der Waals surface area contributed by atoms with Crippen molar-refractivity contribution in [3.63, 3.8) is 0 Å². The van der Waals surface area contributed by atoms with Gasteiger partial charge in [0, 0.05) is 5.56 Å². The average Bonchev–Trinajstić information content (AvgIpc) is 2.99. The van der Waals surface area contributed by atoms with E-state index in [2.05, 4.69) is 4.98 Å². The molecule has 3 rings (SSSR count). The molecule has 0 bridgehead atoms. The van der Waals surface area contributed by atoms with Gasteiger partial charge in [-0.3, -0.25) is 0 Å². The molecule has 1 atom stereocenters. The molecule has 106 valence electrons. The molecule has 1 aliphatic heterocycles. The third kappa shape index (κ3) is 2.78. The molecule has 4 nitrogen and oxygen atoms in total. The second-order valence-electron chi connectivity index (χ2n) is 5.63. The molecular weight excluding hydrogens is 274 g/mol. The minimum Gasteiger partial charge on any atom is -0.486 e. The van der Waals surface area contributed by atoms with Crippen molar-refractivity contribution in [3.8, 4) is 16.6 Å². The topological polar surface area (TPSA) is 40.6 Å². The molecule has 0 spiro atoms. The van der Waals surface area contributed by atoms with Crippen LogP contribution in [0.4, 0.5) is 0 Å². The van der Waals surface area contributed by atoms with Crippen LogP contribution in [-0.4, -0.2) is 17.2 Å². The second kappa shape index (κ2) is 5.07. The molecular formula is C15H17NO3S. The normalized spacial score (nSPS) is 17.6. The lowest BCUT2D eigenvalue weighted by atomic mass is 10.1. The minimum atomic E-state index is -0.204. The Labute approximate surface area is 122 Å². The third-order valence-corrected chi connectivity index (χ3v) is 3.50. The maximum atomic E-state index is 6.03. The van der Waals surface area contributed by atoms with Crippen LogP contribution in [0.25, 0.3) is 0 Å². The van der Waals surface area contributed by atoms with Crippen molar-refractivity contribution < 1.29 is 14.2 Å². The van der Waals surface area contributed by atoms with Crippen LogP contribution in [0.1, 0.15) is 32.4 Å². The highest BCUT2D eigenvalue weighted by molar-refractivity contribution is 7.11. The quantitative estimate of drug-likeness (QED) is 0.850. The molecule has 2 aromatic rings. The van der Waals surface area contributed by atoms with Crippen molar-refractivity contribution >= 4 is 11.3 Å². The summed E-state index contributed by atoms with van der Waals surface area (Å²) in [5.74, 6) is 1.49. The fourth-order valence-corrected chi connectivity index (χ4v) is 2.64. The van der Waals surface area contributed by atoms with E-state index in [0.29, 0.717) is 12.4 Å². The Morgan fingerprint density at radius 2 is 2.20 bits per heavy atom. The zero-order valence-electron chi connectivity index (χ0n) is 11.8. The molecule has 1 aliphatic rings. The van der Waals surface area contributed by atoms with Crippen molar-refractivity contribution in [2.24, 2.45) is 0 Å². The lowest BCUT2D eigenvalue weighted by Gasteiger charge is -2.24. The monoisotopic (exact) mass is 291 g/mol. The number of hydrogen-bond acceptors (Lipinski definition) is 5. The standard InChI is InChI=1S/C15H17NO3S/c1-15(2,3)19-12-8-17-14-10(12)5-4-6-11(14)18-13-7-16-9-20-13/h4-7,9,12H,8H2,1-3H3/t12-/m1/s1. The van der Waals surface area contributed by atoms with E-state index in [1.807, 2.05) is 39.0 Å². The average molecular weight is 291 g/mol. The second-order valence-corrected chi connectivity index (χ2v) is 6.48. The van der Waals surface area contributed by atoms with Crippen molar-refractivity contribution in [2.45, 2.75) is 32.5 Å². The number of nitrogens with zero attached hydrogens (tertiary/aromatic N) is 1. The molecule has 1 aromatic carbocycles. The van der Waals surface area contributed by atoms with E-state index in [9.17, 15) is 0 Å². The number of rotatable bonds is 3. The van der Waals surface area contributed by atoms with Gasteiger partial charge < -0.3 is 14.2 Å². The predicted octanol–water partition coefficient (Wildman–Crippen LogP) is 4.18. The summed E-state index contributed by atoms with van der Waals surface area (Å²) in [6, 6.07) is 5.89. The molecule has 0 saturated carbocycles. The molecule has 0 unspecified atom stereocenters. The summed E-state index contributed by atoms with van der Waals surface area (Å²) in [5.41, 5.74) is 2.58. The first kappa shape index (κ1) is 13.4. The summed E-state index contributed by atoms with van der Waals surface area (Å²) >= 11 is 1.45. The molecule has 0 amide bonds. The van der Waals surface area contributed by atoms with Gasteiger partial charge in [-0.2, -0.15) is 0 Å². The number of benzene rings is 1. The molecule has 20 heavy (non-hydrogen) atoms. The third-order valence-electron chi connectivity index (χ3n) is 2.85. The van der Waals surface area contributed by atoms with Crippen molar-refractivity contribution in [1.29, 1.82) is 0 Å². The van der Waals surface area contributed by atoms with Gasteiger partial charge in [0.1, 0.15) is 12.7 Å². The van der Waals surface area contributed by atoms with E-state index in [1.165, 1.54) is 11.3 Å². The zero-order chi connectivity index (χ0) is 14.2. The highest BCUT2D eigenvalue weighted by atomic mass is 32.1. The summed E-state index contributed by atoms with van der Waals surface area (Å²) in [6.07, 6.45) is 1.65. The first-order valence-electron chi connectivity index (χ1n) is 6.53. The molecule has 0 aliphatic carbocycles. The number of aromatic nitrogens is 1. The van der Waals surface area contributed by atoms with Crippen LogP contribution in [-0.2, 0) is 4.74 Å². The zero-order valence-corrected chi connectivity index (χ0v) is 12.6. The van der Waals surface area contributed by atoms with Crippen LogP contribution in [0, 0.1) is 0 Å². The van der Waals surface area contributed by atoms with Gasteiger partial charge in [-0.1, -0.05) is 23.5 Å². The van der Waals surface area contributed by atoms with Crippen molar-refractivity contribution in [1.82, 2.24) is 4.98 Å². The summed E-state index contributed by atoms with van der Waals surface area (Å²) in [6.45, 7) is 6.66. The minimum absolute atomic E-state index is 0.0463. The Morgan fingerprint density at radius 1 is 1.35 bits per heavy atom. The first-order valence-corrected chi connectivity index (χ1v) is 7.41. The molecule has 0 fully saturated rings. The highest BCUT2D eigenvalue weighted by Gasteiger charge is 2.31. The van der Waals surface area contributed by atoms with Crippen molar-refractivity contribution in [2.75, 3.05) is 6.61 Å². The molecule has 0 radical (unpaired) electrons. The molecule has 5 heteroatoms. The summed E-state index contributed by atoms with van der Waals surface area (Å²) < 4.78 is 17.6. The lowest BCUT2D eigenvalue weighted by molar-refractivity contribution is -0.0672. The van der Waals surface area contributed by atoms with E-state index in [0.717, 1.165) is 16.4 Å². The Bertz CT molecular complexity index is 590. The SMILES string of the molecule is CC(C)(C)O[C@@H]1COc2c(Oc3cncs3)cccc21. The summed E-state index contributed by atoms with van der Waals surface area (Å²) in [7, 11) is 0. The van der Waals surface area contributed by atoms with Crippen LogP contribution in [0.2, 0.25) is 0 Å². The Kier molecular flexibility index (Phi) is 3.40. The van der Waals surface area contributed by atoms with Crippen LogP contribution in [0.3, 0.4) is 0 Å². The molecule has 0 saturated heterocycles. The smallest absolute Gasteiger partial charge is 0.200 e. The number of thiazole rings is 1. The van der Waals surface area contributed by atoms with Crippen LogP contribution in [0.15, 0.2) is 29.9 Å². The molecule has 2 heterocycles. The number of hydrogen-bond donors (Lipinski definition) is 0. The summed E-state index contributed by atoms with van der Waals surface area (Å²) in [4.78, 5) is 4.00. The van der Waals surface area contributed by atoms with Crippen molar-refractivity contribution in [3.05, 3.63) is 35.5 Å². The maximum absolute atomic E-state index is 6.03. The first-order chi connectivity index (χ1) is 9.53. The largest absolute Gasteiger partial charge is 0.486 e. The van der Waals surface area contributed by atoms with Gasteiger partial charge in [0.25, 0.3) is 0 Å². The van der Waals surface area contributed by atoms with E-state index in [1.54, 1.807) is 11.7 Å². The Morgan fingerprint density at radius 3 is 2.90 bits per heavy atom. The van der Waals surface area contributed by atoms with Gasteiger partial charge >= 0.3 is 0 Å². The Balaban J connectivity index is 1.86. The number of fused-ring (bicyclic) bond motifs is 1. The Hall–Kier alpha value is -1.59. The molecule has 0 N–H and O–H groups in total. The predicted molar refractivity (Wildman–Crippen MR) is 77.7 cm³/mol. The van der Waals surface area contributed by atoms with Crippen LogP contribution < -0.4 is 9.47 Å². The van der Waals surface area contributed by atoms with Crippen LogP contribution >= 0.6 is 11.3 Å². The van der Waals surface area contributed by atoms with Gasteiger partial charge in [0.05, 0.1) is 17.3 Å². The fraction of sp³-hybridized carbons (Fsp3) is 0.400. The maximum Gasteiger partial charge on any atom is 0.200 e. The van der Waals surface area contributed by atoms with E-state index < -0.39 is 0 Å². The fourth-order valence-electron chi connectivity index (χ4n) is 2.16. The van der Waals surface area contributed by atoms with Crippen LogP contribution in [0.5, 0.6) is 16.6 Å². The molecule has 1 aromatic heterocycles. The van der Waals surface area contributed by atoms with Gasteiger partial charge in [0.2, 0.25) is 5.06 Å². The number of ether oxygens (including phenoxy) is 3. The highest BCUT2D eigenvalue weighted by Crippen LogP contribution is 2.44. The van der Waals surface area contributed by atoms with Gasteiger partial charge in [-0.25, -0.2) is 4.98 Å². The summed E-state index contributed by atoms with van der Waals surface area (Å²) in [5, 5.41) is 0.752. The number of para-hydroxylation sites is 1. The lowest BCUT2D eigenvalue weighted by Crippen LogP contribution is -2.23. The van der Waals surface area contributed by atoms with E-state index >= 15 is 0 Å². The van der Waals surface area contributed by atoms with Gasteiger partial charge in [0.15, 0.2) is 11.5 Å². The van der Waals surface area contributed by atoms with E-state index in [4.69, 9.17) is 14.2 Å².